The maximum Gasteiger partial charge on any atom is 0.290 e. The molecule has 0 unspecified atom stereocenters. The summed E-state index contributed by atoms with van der Waals surface area (Å²) in [4.78, 5) is 47.1. The number of nitro groups is 2. The fourth-order valence-corrected chi connectivity index (χ4v) is 7.60. The standard InChI is InChI=1S/2C25H18ClN3O5.Fe/c2*1-14-6-2-3-7-15(14)11-22(30)18-10-16-8-4-5-9-17(16)24(25(18)32)28-27-20-13-21(29(33)34)19(26)12-23(20)31;/h2*2-10,12-13,31-32H,11H2,1H3;. The van der Waals surface area contributed by atoms with Crippen LogP contribution < -0.4 is 0 Å². The Kier molecular flexibility index (Phi) is 15.8. The molecule has 0 heterocycles. The van der Waals surface area contributed by atoms with Gasteiger partial charge in [-0.1, -0.05) is 120 Å². The molecule has 69 heavy (non-hydrogen) atoms. The molecule has 19 heteroatoms. The van der Waals surface area contributed by atoms with E-state index in [1.165, 1.54) is 0 Å². The fraction of sp³-hybridized carbons (Fsp3) is 0.0800. The van der Waals surface area contributed by atoms with Gasteiger partial charge in [-0.05, 0) is 59.0 Å². The third kappa shape index (κ3) is 11.2. The first kappa shape index (κ1) is 50.3. The summed E-state index contributed by atoms with van der Waals surface area (Å²) in [5.41, 5.74) is 2.40. The smallest absolute Gasteiger partial charge is 0.290 e. The van der Waals surface area contributed by atoms with Crippen LogP contribution in [0.15, 0.2) is 154 Å². The summed E-state index contributed by atoms with van der Waals surface area (Å²) >= 11 is 11.6. The summed E-state index contributed by atoms with van der Waals surface area (Å²) in [6.45, 7) is 3.81. The van der Waals surface area contributed by atoms with Gasteiger partial charge in [0.15, 0.2) is 23.1 Å². The van der Waals surface area contributed by atoms with Crippen LogP contribution in [0.25, 0.3) is 21.5 Å². The maximum atomic E-state index is 13.1. The number of halogens is 2. The van der Waals surface area contributed by atoms with Gasteiger partial charge in [-0.15, -0.1) is 20.5 Å². The number of aromatic hydroxyl groups is 4. The summed E-state index contributed by atoms with van der Waals surface area (Å²) < 4.78 is 0. The van der Waals surface area contributed by atoms with Crippen LogP contribution in [0.3, 0.4) is 0 Å². The molecule has 16 nitrogen and oxygen atoms in total. The van der Waals surface area contributed by atoms with Gasteiger partial charge in [0, 0.05) is 64.9 Å². The summed E-state index contributed by atoms with van der Waals surface area (Å²) in [6.07, 6.45) is 0.165. The molecule has 0 aliphatic rings. The van der Waals surface area contributed by atoms with Crippen LogP contribution in [0.2, 0.25) is 10.0 Å². The largest absolute Gasteiger partial charge is 0.506 e. The monoisotopic (exact) mass is 1010 g/mol. The van der Waals surface area contributed by atoms with Crippen molar-refractivity contribution in [2.45, 2.75) is 26.7 Å². The van der Waals surface area contributed by atoms with E-state index >= 15 is 0 Å². The second-order valence-electron chi connectivity index (χ2n) is 15.2. The molecule has 0 aromatic heterocycles. The Labute approximate surface area is 412 Å². The molecule has 348 valence electrons. The molecule has 0 saturated carbocycles. The molecule has 0 aliphatic carbocycles. The van der Waals surface area contributed by atoms with Crippen molar-refractivity contribution in [2.24, 2.45) is 20.5 Å². The maximum absolute atomic E-state index is 13.1. The third-order valence-electron chi connectivity index (χ3n) is 10.8. The van der Waals surface area contributed by atoms with E-state index in [0.717, 1.165) is 46.5 Å². The quantitative estimate of drug-likeness (QED) is 0.0296. The molecule has 0 bridgehead atoms. The first-order valence-electron chi connectivity index (χ1n) is 20.3. The van der Waals surface area contributed by atoms with Gasteiger partial charge in [0.1, 0.15) is 44.3 Å². The minimum atomic E-state index is -0.710. The molecule has 0 amide bonds. The number of hydrogen-bond acceptors (Lipinski definition) is 14. The Morgan fingerprint density at radius 1 is 0.522 bits per heavy atom. The minimum Gasteiger partial charge on any atom is -0.506 e. The first-order chi connectivity index (χ1) is 32.5. The summed E-state index contributed by atoms with van der Waals surface area (Å²) in [5, 5.41) is 82.3. The van der Waals surface area contributed by atoms with E-state index in [0.29, 0.717) is 21.5 Å². The van der Waals surface area contributed by atoms with Crippen molar-refractivity contribution in [1.29, 1.82) is 0 Å². The van der Waals surface area contributed by atoms with E-state index in [2.05, 4.69) is 20.5 Å². The number of azo groups is 2. The van der Waals surface area contributed by atoms with Gasteiger partial charge >= 0.3 is 0 Å². The van der Waals surface area contributed by atoms with Crippen molar-refractivity contribution in [1.82, 2.24) is 0 Å². The molecule has 8 rings (SSSR count). The van der Waals surface area contributed by atoms with Gasteiger partial charge in [-0.3, -0.25) is 29.8 Å². The van der Waals surface area contributed by atoms with E-state index in [4.69, 9.17) is 23.2 Å². The number of Topliss-reactive ketones (excluding diaryl/α,β-unsaturated/α-hetero) is 2. The van der Waals surface area contributed by atoms with E-state index in [1.54, 1.807) is 60.7 Å². The van der Waals surface area contributed by atoms with E-state index in [-0.39, 0.29) is 96.9 Å². The number of aryl methyl sites for hydroxylation is 2. The molecule has 0 atom stereocenters. The molecule has 0 fully saturated rings. The fourth-order valence-electron chi connectivity index (χ4n) is 7.14. The van der Waals surface area contributed by atoms with Crippen molar-refractivity contribution >= 4 is 90.4 Å². The number of hydrogen-bond donors (Lipinski definition) is 4. The van der Waals surface area contributed by atoms with E-state index in [9.17, 15) is 50.2 Å². The number of nitrogens with zero attached hydrogens (tertiary/aromatic N) is 6. The molecule has 8 aromatic rings. The van der Waals surface area contributed by atoms with Crippen molar-refractivity contribution < 1.29 is 56.9 Å². The normalized spacial score (nSPS) is 11.1. The average Bonchev–Trinajstić information content (AvgIpc) is 3.30. The molecule has 0 spiro atoms. The van der Waals surface area contributed by atoms with Gasteiger partial charge in [-0.25, -0.2) is 0 Å². The zero-order valence-corrected chi connectivity index (χ0v) is 38.8. The molecule has 4 N–H and O–H groups in total. The van der Waals surface area contributed by atoms with Crippen LogP contribution in [0, 0.1) is 34.1 Å². The van der Waals surface area contributed by atoms with Crippen LogP contribution >= 0.6 is 23.2 Å². The Hall–Kier alpha value is -8.08. The van der Waals surface area contributed by atoms with Crippen molar-refractivity contribution in [3.63, 3.8) is 0 Å². The number of phenols is 4. The van der Waals surface area contributed by atoms with E-state index in [1.807, 2.05) is 62.4 Å². The van der Waals surface area contributed by atoms with Crippen molar-refractivity contribution in [3.05, 3.63) is 197 Å². The van der Waals surface area contributed by atoms with Gasteiger partial charge in [0.2, 0.25) is 0 Å². The number of phenolic OH excluding ortho intramolecular Hbond substituents is 4. The number of ketones is 2. The van der Waals surface area contributed by atoms with Crippen LogP contribution in [0.5, 0.6) is 23.0 Å². The molecule has 0 saturated heterocycles. The molecule has 8 aromatic carbocycles. The van der Waals surface area contributed by atoms with Gasteiger partial charge in [0.05, 0.1) is 21.0 Å². The van der Waals surface area contributed by atoms with Crippen molar-refractivity contribution in [2.75, 3.05) is 0 Å². The third-order valence-corrected chi connectivity index (χ3v) is 11.4. The number of carbonyl (C=O) groups is 2. The molecule has 0 aliphatic heterocycles. The predicted molar refractivity (Wildman–Crippen MR) is 258 cm³/mol. The number of fused-ring (bicyclic) bond motifs is 2. The first-order valence-corrected chi connectivity index (χ1v) is 21.1. The molecular weight excluding hydrogens is 971 g/mol. The number of benzene rings is 8. The van der Waals surface area contributed by atoms with Crippen LogP contribution in [-0.4, -0.2) is 41.8 Å². The second-order valence-corrected chi connectivity index (χ2v) is 16.1. The molecule has 0 radical (unpaired) electrons. The number of carbonyl (C=O) groups excluding carboxylic acids is 2. The van der Waals surface area contributed by atoms with Crippen molar-refractivity contribution in [3.8, 4) is 23.0 Å². The van der Waals surface area contributed by atoms with Crippen LogP contribution in [0.1, 0.15) is 43.0 Å². The number of nitro benzene ring substituents is 2. The Bertz CT molecular complexity index is 3200. The average molecular weight is 1010 g/mol. The summed E-state index contributed by atoms with van der Waals surface area (Å²) in [6, 6.07) is 36.0. The van der Waals surface area contributed by atoms with Gasteiger partial charge < -0.3 is 20.4 Å². The van der Waals surface area contributed by atoms with Crippen LogP contribution in [-0.2, 0) is 29.9 Å². The SMILES string of the molecule is Cc1ccccc1CC(=O)c1cc2ccccc2c(N=Nc2cc([N+](=O)[O-])c(Cl)cc2O)c1O.Cc1ccccc1CC(=O)c1cc2ccccc2c(N=Nc2cc([N+](=O)[O-])c(Cl)cc2O)c1O.[Fe]. The minimum absolute atomic E-state index is 0. The Morgan fingerprint density at radius 2 is 0.870 bits per heavy atom. The number of rotatable bonds is 12. The Morgan fingerprint density at radius 3 is 1.23 bits per heavy atom. The molecular formula is C50H36Cl2FeN6O10. The van der Waals surface area contributed by atoms with Gasteiger partial charge in [0.25, 0.3) is 11.4 Å². The predicted octanol–water partition coefficient (Wildman–Crippen LogP) is 13.9. The van der Waals surface area contributed by atoms with Gasteiger partial charge in [-0.2, -0.15) is 0 Å². The second kappa shape index (κ2) is 21.7. The zero-order chi connectivity index (χ0) is 48.8. The Balaban J connectivity index is 0.000000224. The summed E-state index contributed by atoms with van der Waals surface area (Å²) in [5.74, 6) is -2.20. The van der Waals surface area contributed by atoms with Crippen LogP contribution in [0.4, 0.5) is 34.1 Å². The van der Waals surface area contributed by atoms with E-state index < -0.39 is 32.7 Å². The summed E-state index contributed by atoms with van der Waals surface area (Å²) in [7, 11) is 0. The topological polar surface area (TPSA) is 251 Å². The zero-order valence-electron chi connectivity index (χ0n) is 36.1.